The summed E-state index contributed by atoms with van der Waals surface area (Å²) < 4.78 is 1.38. The van der Waals surface area contributed by atoms with E-state index in [-0.39, 0.29) is 12.5 Å². The molecular formula is C7H14N6O. The first kappa shape index (κ1) is 10.6. The Bertz CT molecular complexity index is 259. The maximum absolute atomic E-state index is 11.2. The molecule has 1 aromatic rings. The number of carbonyl (C=O) groups excluding carboxylic acids is 1. The maximum Gasteiger partial charge on any atom is 0.241 e. The molecule has 0 radical (unpaired) electrons. The molecule has 14 heavy (non-hydrogen) atoms. The Hall–Kier alpha value is -1.50. The normalized spacial score (nSPS) is 10.1. The van der Waals surface area contributed by atoms with E-state index in [9.17, 15) is 4.79 Å². The van der Waals surface area contributed by atoms with Gasteiger partial charge in [0.15, 0.2) is 0 Å². The molecule has 2 N–H and O–H groups in total. The van der Waals surface area contributed by atoms with Gasteiger partial charge in [0.25, 0.3) is 0 Å². The van der Waals surface area contributed by atoms with Gasteiger partial charge in [-0.05, 0) is 17.0 Å². The van der Waals surface area contributed by atoms with E-state index in [1.54, 1.807) is 0 Å². The lowest BCUT2D eigenvalue weighted by Crippen LogP contribution is -2.34. The Labute approximate surface area is 81.9 Å². The lowest BCUT2D eigenvalue weighted by molar-refractivity contribution is -0.121. The van der Waals surface area contributed by atoms with Crippen molar-refractivity contribution < 1.29 is 4.79 Å². The fourth-order valence-corrected chi connectivity index (χ4v) is 0.923. The first-order valence-corrected chi connectivity index (χ1v) is 4.51. The highest BCUT2D eigenvalue weighted by Gasteiger charge is 2.01. The van der Waals surface area contributed by atoms with Gasteiger partial charge in [0, 0.05) is 13.1 Å². The van der Waals surface area contributed by atoms with Crippen LogP contribution < -0.4 is 10.6 Å². The van der Waals surface area contributed by atoms with Crippen molar-refractivity contribution in [2.75, 3.05) is 19.6 Å². The molecule has 0 fully saturated rings. The molecule has 0 spiro atoms. The molecule has 1 aromatic heterocycles. The first-order chi connectivity index (χ1) is 6.83. The van der Waals surface area contributed by atoms with Crippen LogP contribution in [0.3, 0.4) is 0 Å². The zero-order valence-electron chi connectivity index (χ0n) is 8.10. The van der Waals surface area contributed by atoms with Crippen LogP contribution in [-0.4, -0.2) is 45.7 Å². The van der Waals surface area contributed by atoms with Crippen molar-refractivity contribution in [1.82, 2.24) is 30.8 Å². The standard InChI is InChI=1S/C7H14N6O/c1-2-8-3-4-9-7(14)5-13-6-10-11-12-13/h6,8H,2-5H2,1H3,(H,9,14). The van der Waals surface area contributed by atoms with Gasteiger partial charge in [0.1, 0.15) is 12.9 Å². The number of hydrogen-bond acceptors (Lipinski definition) is 5. The molecule has 0 unspecified atom stereocenters. The van der Waals surface area contributed by atoms with Crippen LogP contribution in [0.2, 0.25) is 0 Å². The van der Waals surface area contributed by atoms with Gasteiger partial charge in [-0.1, -0.05) is 6.92 Å². The molecule has 1 amide bonds. The molecule has 78 valence electrons. The second kappa shape index (κ2) is 6.03. The predicted molar refractivity (Wildman–Crippen MR) is 49.4 cm³/mol. The summed E-state index contributed by atoms with van der Waals surface area (Å²) in [5.41, 5.74) is 0. The summed E-state index contributed by atoms with van der Waals surface area (Å²) in [4.78, 5) is 11.2. The van der Waals surface area contributed by atoms with Crippen molar-refractivity contribution in [2.45, 2.75) is 13.5 Å². The van der Waals surface area contributed by atoms with E-state index in [0.29, 0.717) is 6.54 Å². The second-order valence-electron chi connectivity index (χ2n) is 2.71. The SMILES string of the molecule is CCNCCNC(=O)Cn1cnnn1. The number of nitrogens with zero attached hydrogens (tertiary/aromatic N) is 4. The van der Waals surface area contributed by atoms with E-state index in [1.807, 2.05) is 6.92 Å². The number of aromatic nitrogens is 4. The quantitative estimate of drug-likeness (QED) is 0.538. The average molecular weight is 198 g/mol. The van der Waals surface area contributed by atoms with Gasteiger partial charge in [0.05, 0.1) is 0 Å². The van der Waals surface area contributed by atoms with E-state index >= 15 is 0 Å². The molecule has 0 saturated heterocycles. The van der Waals surface area contributed by atoms with E-state index in [2.05, 4.69) is 26.2 Å². The van der Waals surface area contributed by atoms with Gasteiger partial charge in [-0.15, -0.1) is 5.10 Å². The van der Waals surface area contributed by atoms with E-state index in [1.165, 1.54) is 11.0 Å². The molecule has 0 aliphatic heterocycles. The third kappa shape index (κ3) is 3.94. The molecule has 0 aliphatic carbocycles. The van der Waals surface area contributed by atoms with Crippen LogP contribution in [0.25, 0.3) is 0 Å². The maximum atomic E-state index is 11.2. The molecule has 0 aromatic carbocycles. The fourth-order valence-electron chi connectivity index (χ4n) is 0.923. The summed E-state index contributed by atoms with van der Waals surface area (Å²) in [6.07, 6.45) is 1.41. The lowest BCUT2D eigenvalue weighted by atomic mass is 10.5. The molecule has 0 saturated carbocycles. The van der Waals surface area contributed by atoms with Crippen LogP contribution in [0.15, 0.2) is 6.33 Å². The van der Waals surface area contributed by atoms with Crippen LogP contribution in [0.1, 0.15) is 6.92 Å². The Kier molecular flexibility index (Phi) is 4.56. The molecular weight excluding hydrogens is 184 g/mol. The van der Waals surface area contributed by atoms with Crippen molar-refractivity contribution in [3.05, 3.63) is 6.33 Å². The molecule has 0 atom stereocenters. The highest BCUT2D eigenvalue weighted by atomic mass is 16.2. The molecule has 7 heteroatoms. The van der Waals surface area contributed by atoms with Crippen molar-refractivity contribution >= 4 is 5.91 Å². The Morgan fingerprint density at radius 2 is 2.36 bits per heavy atom. The third-order valence-electron chi connectivity index (χ3n) is 1.57. The molecule has 0 bridgehead atoms. The minimum Gasteiger partial charge on any atom is -0.353 e. The zero-order chi connectivity index (χ0) is 10.2. The number of amides is 1. The average Bonchev–Trinajstić information content (AvgIpc) is 2.65. The second-order valence-corrected chi connectivity index (χ2v) is 2.71. The van der Waals surface area contributed by atoms with Crippen molar-refractivity contribution in [1.29, 1.82) is 0 Å². The van der Waals surface area contributed by atoms with Gasteiger partial charge < -0.3 is 10.6 Å². The van der Waals surface area contributed by atoms with E-state index in [4.69, 9.17) is 0 Å². The monoisotopic (exact) mass is 198 g/mol. The number of hydrogen-bond donors (Lipinski definition) is 2. The van der Waals surface area contributed by atoms with Crippen LogP contribution in [0, 0.1) is 0 Å². The number of carbonyl (C=O) groups is 1. The van der Waals surface area contributed by atoms with Crippen LogP contribution in [-0.2, 0) is 11.3 Å². The van der Waals surface area contributed by atoms with Gasteiger partial charge >= 0.3 is 0 Å². The highest BCUT2D eigenvalue weighted by Crippen LogP contribution is 1.77. The Morgan fingerprint density at radius 3 is 3.00 bits per heavy atom. The summed E-state index contributed by atoms with van der Waals surface area (Å²) in [6, 6.07) is 0. The van der Waals surface area contributed by atoms with Gasteiger partial charge in [-0.2, -0.15) is 0 Å². The minimum atomic E-state index is -0.0878. The zero-order valence-corrected chi connectivity index (χ0v) is 8.10. The number of likely N-dealkylation sites (N-methyl/N-ethyl adjacent to an activating group) is 1. The fraction of sp³-hybridized carbons (Fsp3) is 0.714. The topological polar surface area (TPSA) is 84.7 Å². The number of nitrogens with one attached hydrogen (secondary N) is 2. The number of tetrazole rings is 1. The van der Waals surface area contributed by atoms with Crippen molar-refractivity contribution in [3.63, 3.8) is 0 Å². The van der Waals surface area contributed by atoms with E-state index in [0.717, 1.165) is 13.1 Å². The molecule has 1 rings (SSSR count). The molecule has 0 aliphatic rings. The minimum absolute atomic E-state index is 0.0878. The van der Waals surface area contributed by atoms with Gasteiger partial charge in [-0.3, -0.25) is 4.79 Å². The summed E-state index contributed by atoms with van der Waals surface area (Å²) >= 11 is 0. The van der Waals surface area contributed by atoms with Crippen molar-refractivity contribution in [3.8, 4) is 0 Å². The first-order valence-electron chi connectivity index (χ1n) is 4.51. The van der Waals surface area contributed by atoms with Crippen LogP contribution >= 0.6 is 0 Å². The summed E-state index contributed by atoms with van der Waals surface area (Å²) in [6.45, 7) is 4.48. The highest BCUT2D eigenvalue weighted by molar-refractivity contribution is 5.75. The van der Waals surface area contributed by atoms with Crippen LogP contribution in [0.5, 0.6) is 0 Å². The summed E-state index contributed by atoms with van der Waals surface area (Å²) in [7, 11) is 0. The van der Waals surface area contributed by atoms with E-state index < -0.39 is 0 Å². The van der Waals surface area contributed by atoms with Gasteiger partial charge in [0.2, 0.25) is 5.91 Å². The third-order valence-corrected chi connectivity index (χ3v) is 1.57. The summed E-state index contributed by atoms with van der Waals surface area (Å²) in [5, 5.41) is 16.3. The van der Waals surface area contributed by atoms with Crippen LogP contribution in [0.4, 0.5) is 0 Å². The summed E-state index contributed by atoms with van der Waals surface area (Å²) in [5.74, 6) is -0.0878. The van der Waals surface area contributed by atoms with Gasteiger partial charge in [-0.25, -0.2) is 4.68 Å². The smallest absolute Gasteiger partial charge is 0.241 e. The predicted octanol–water partition coefficient (Wildman–Crippen LogP) is -1.60. The molecule has 7 nitrogen and oxygen atoms in total. The largest absolute Gasteiger partial charge is 0.353 e. The van der Waals surface area contributed by atoms with Crippen molar-refractivity contribution in [2.24, 2.45) is 0 Å². The molecule has 1 heterocycles. The Balaban J connectivity index is 2.11. The lowest BCUT2D eigenvalue weighted by Gasteiger charge is -2.04. The number of rotatable bonds is 6. The Morgan fingerprint density at radius 1 is 1.50 bits per heavy atom.